The van der Waals surface area contributed by atoms with Gasteiger partial charge >= 0.3 is 5.97 Å². The van der Waals surface area contributed by atoms with E-state index in [0.29, 0.717) is 18.4 Å². The summed E-state index contributed by atoms with van der Waals surface area (Å²) in [5.41, 5.74) is 0. The first-order valence-corrected chi connectivity index (χ1v) is 6.98. The minimum absolute atomic E-state index is 0.0818. The molecule has 0 saturated heterocycles. The van der Waals surface area contributed by atoms with Gasteiger partial charge in [0.05, 0.1) is 0 Å². The van der Waals surface area contributed by atoms with Crippen LogP contribution in [0.3, 0.4) is 0 Å². The molecule has 0 heterocycles. The molecule has 2 bridgehead atoms. The first kappa shape index (κ1) is 13.4. The molecule has 4 nitrogen and oxygen atoms in total. The molecule has 1 amide bonds. The van der Waals surface area contributed by atoms with Crippen LogP contribution in [0.1, 0.15) is 39.5 Å². The number of carboxylic acids is 1. The summed E-state index contributed by atoms with van der Waals surface area (Å²) in [5.74, 6) is 0.819. The van der Waals surface area contributed by atoms with Crippen molar-refractivity contribution in [3.8, 4) is 0 Å². The van der Waals surface area contributed by atoms with Gasteiger partial charge < -0.3 is 10.0 Å². The third-order valence-electron chi connectivity index (χ3n) is 4.28. The predicted octanol–water partition coefficient (Wildman–Crippen LogP) is 1.99. The zero-order valence-electron chi connectivity index (χ0n) is 11.3. The van der Waals surface area contributed by atoms with Gasteiger partial charge in [0.2, 0.25) is 5.91 Å². The van der Waals surface area contributed by atoms with Gasteiger partial charge in [-0.15, -0.1) is 0 Å². The van der Waals surface area contributed by atoms with Gasteiger partial charge in [-0.05, 0) is 37.0 Å². The van der Waals surface area contributed by atoms with Crippen LogP contribution >= 0.6 is 0 Å². The van der Waals surface area contributed by atoms with E-state index < -0.39 is 5.97 Å². The first-order chi connectivity index (χ1) is 8.47. The number of hydrogen-bond donors (Lipinski definition) is 1. The fourth-order valence-electron chi connectivity index (χ4n) is 3.62. The molecule has 2 saturated carbocycles. The maximum Gasteiger partial charge on any atom is 0.323 e. The van der Waals surface area contributed by atoms with Gasteiger partial charge in [-0.3, -0.25) is 9.59 Å². The van der Waals surface area contributed by atoms with Gasteiger partial charge in [-0.25, -0.2) is 0 Å². The highest BCUT2D eigenvalue weighted by Crippen LogP contribution is 2.48. The van der Waals surface area contributed by atoms with Gasteiger partial charge in [0.25, 0.3) is 0 Å². The smallest absolute Gasteiger partial charge is 0.323 e. The summed E-state index contributed by atoms with van der Waals surface area (Å²) >= 11 is 0. The number of carbonyl (C=O) groups excluding carboxylic acids is 1. The second kappa shape index (κ2) is 5.29. The highest BCUT2D eigenvalue weighted by molar-refractivity contribution is 5.83. The lowest BCUT2D eigenvalue weighted by atomic mass is 9.87. The van der Waals surface area contributed by atoms with E-state index in [-0.39, 0.29) is 18.4 Å². The molecule has 3 unspecified atom stereocenters. The van der Waals surface area contributed by atoms with Crippen LogP contribution in [-0.4, -0.2) is 35.0 Å². The fourth-order valence-corrected chi connectivity index (χ4v) is 3.62. The van der Waals surface area contributed by atoms with Crippen molar-refractivity contribution in [1.82, 2.24) is 4.90 Å². The Kier molecular flexibility index (Phi) is 3.93. The molecule has 3 atom stereocenters. The van der Waals surface area contributed by atoms with Crippen LogP contribution in [0.2, 0.25) is 0 Å². The third kappa shape index (κ3) is 2.85. The highest BCUT2D eigenvalue weighted by Gasteiger charge is 2.44. The molecule has 2 fully saturated rings. The Labute approximate surface area is 108 Å². The fraction of sp³-hybridized carbons (Fsp3) is 0.857. The molecule has 4 heteroatoms. The summed E-state index contributed by atoms with van der Waals surface area (Å²) in [6.45, 7) is 4.44. The van der Waals surface area contributed by atoms with Crippen LogP contribution in [0.4, 0.5) is 0 Å². The van der Waals surface area contributed by atoms with Crippen LogP contribution in [0, 0.1) is 23.7 Å². The Bertz CT molecular complexity index is 340. The molecule has 0 radical (unpaired) electrons. The van der Waals surface area contributed by atoms with Crippen LogP contribution in [0.5, 0.6) is 0 Å². The third-order valence-corrected chi connectivity index (χ3v) is 4.28. The normalized spacial score (nSPS) is 29.8. The van der Waals surface area contributed by atoms with E-state index in [1.807, 2.05) is 13.8 Å². The van der Waals surface area contributed by atoms with Crippen LogP contribution in [0.25, 0.3) is 0 Å². The van der Waals surface area contributed by atoms with E-state index in [4.69, 9.17) is 5.11 Å². The number of rotatable bonds is 5. The molecule has 18 heavy (non-hydrogen) atoms. The molecule has 2 aliphatic carbocycles. The summed E-state index contributed by atoms with van der Waals surface area (Å²) in [6.07, 6.45) is 4.58. The standard InChI is InChI=1S/C14H23NO3/c1-9(2)7-15(8-13(16)17)14(18)12-6-10-3-4-11(12)5-10/h9-12H,3-8H2,1-2H3,(H,16,17). The lowest BCUT2D eigenvalue weighted by molar-refractivity contribution is -0.147. The van der Waals surface area contributed by atoms with Gasteiger partial charge in [0.15, 0.2) is 0 Å². The SMILES string of the molecule is CC(C)CN(CC(=O)O)C(=O)C1CC2CCC1C2. The quantitative estimate of drug-likeness (QED) is 0.815. The van der Waals surface area contributed by atoms with E-state index >= 15 is 0 Å². The van der Waals surface area contributed by atoms with E-state index in [1.54, 1.807) is 4.90 Å². The minimum atomic E-state index is -0.910. The van der Waals surface area contributed by atoms with Crippen molar-refractivity contribution in [1.29, 1.82) is 0 Å². The predicted molar refractivity (Wildman–Crippen MR) is 68.0 cm³/mol. The van der Waals surface area contributed by atoms with Crippen LogP contribution in [0.15, 0.2) is 0 Å². The molecule has 0 aromatic carbocycles. The molecule has 2 aliphatic rings. The molecule has 102 valence electrons. The second-order valence-corrected chi connectivity index (χ2v) is 6.29. The molecule has 0 aliphatic heterocycles. The lowest BCUT2D eigenvalue weighted by Crippen LogP contribution is -2.43. The molecular weight excluding hydrogens is 230 g/mol. The summed E-state index contributed by atoms with van der Waals surface area (Å²) in [5, 5.41) is 8.93. The van der Waals surface area contributed by atoms with Gasteiger partial charge in [0.1, 0.15) is 6.54 Å². The van der Waals surface area contributed by atoms with Crippen molar-refractivity contribution in [3.63, 3.8) is 0 Å². The lowest BCUT2D eigenvalue weighted by Gasteiger charge is -2.29. The Balaban J connectivity index is 2.00. The van der Waals surface area contributed by atoms with Crippen molar-refractivity contribution in [3.05, 3.63) is 0 Å². The molecule has 0 spiro atoms. The minimum Gasteiger partial charge on any atom is -0.480 e. The number of amides is 1. The maximum atomic E-state index is 12.5. The van der Waals surface area contributed by atoms with Gasteiger partial charge in [-0.1, -0.05) is 20.3 Å². The number of hydrogen-bond acceptors (Lipinski definition) is 2. The molecule has 0 aromatic rings. The Morgan fingerprint density at radius 3 is 2.44 bits per heavy atom. The monoisotopic (exact) mass is 253 g/mol. The van der Waals surface area contributed by atoms with Gasteiger partial charge in [-0.2, -0.15) is 0 Å². The highest BCUT2D eigenvalue weighted by atomic mass is 16.4. The Morgan fingerprint density at radius 2 is 2.00 bits per heavy atom. The number of carbonyl (C=O) groups is 2. The van der Waals surface area contributed by atoms with E-state index in [1.165, 1.54) is 12.8 Å². The zero-order valence-corrected chi connectivity index (χ0v) is 11.3. The first-order valence-electron chi connectivity index (χ1n) is 6.98. The van der Waals surface area contributed by atoms with Crippen LogP contribution in [-0.2, 0) is 9.59 Å². The topological polar surface area (TPSA) is 57.6 Å². The number of nitrogens with zero attached hydrogens (tertiary/aromatic N) is 1. The average Bonchev–Trinajstić information content (AvgIpc) is 2.87. The summed E-state index contributed by atoms with van der Waals surface area (Å²) < 4.78 is 0. The van der Waals surface area contributed by atoms with E-state index in [0.717, 1.165) is 18.8 Å². The van der Waals surface area contributed by atoms with Crippen molar-refractivity contribution < 1.29 is 14.7 Å². The molecule has 2 rings (SSSR count). The van der Waals surface area contributed by atoms with Crippen molar-refractivity contribution in [2.75, 3.05) is 13.1 Å². The zero-order chi connectivity index (χ0) is 13.3. The van der Waals surface area contributed by atoms with Crippen molar-refractivity contribution in [2.24, 2.45) is 23.7 Å². The number of aliphatic carboxylic acids is 1. The second-order valence-electron chi connectivity index (χ2n) is 6.29. The average molecular weight is 253 g/mol. The van der Waals surface area contributed by atoms with Gasteiger partial charge in [0, 0.05) is 12.5 Å². The molecule has 1 N–H and O–H groups in total. The Hall–Kier alpha value is -1.06. The number of carboxylic acid groups (broad SMARTS) is 1. The number of fused-ring (bicyclic) bond motifs is 2. The maximum absolute atomic E-state index is 12.5. The summed E-state index contributed by atoms with van der Waals surface area (Å²) in [6, 6.07) is 0. The summed E-state index contributed by atoms with van der Waals surface area (Å²) in [4.78, 5) is 24.9. The van der Waals surface area contributed by atoms with Crippen molar-refractivity contribution in [2.45, 2.75) is 39.5 Å². The van der Waals surface area contributed by atoms with Crippen LogP contribution < -0.4 is 0 Å². The summed E-state index contributed by atoms with van der Waals surface area (Å²) in [7, 11) is 0. The molecule has 0 aromatic heterocycles. The van der Waals surface area contributed by atoms with Crippen molar-refractivity contribution >= 4 is 11.9 Å². The molecular formula is C14H23NO3. The Morgan fingerprint density at radius 1 is 1.28 bits per heavy atom. The van der Waals surface area contributed by atoms with E-state index in [2.05, 4.69) is 0 Å². The largest absolute Gasteiger partial charge is 0.480 e. The van der Waals surface area contributed by atoms with E-state index in [9.17, 15) is 9.59 Å².